The van der Waals surface area contributed by atoms with Crippen molar-refractivity contribution in [1.82, 2.24) is 0 Å². The smallest absolute Gasteiger partial charge is 0.335 e. The summed E-state index contributed by atoms with van der Waals surface area (Å²) in [6, 6.07) is 10.8. The first kappa shape index (κ1) is 14.4. The van der Waals surface area contributed by atoms with Crippen LogP contribution >= 0.6 is 15.9 Å². The number of methoxy groups -OCH3 is 1. The van der Waals surface area contributed by atoms with Crippen molar-refractivity contribution in [3.63, 3.8) is 0 Å². The zero-order valence-electron chi connectivity index (χ0n) is 11.1. The van der Waals surface area contributed by atoms with Crippen LogP contribution in [0.3, 0.4) is 0 Å². The number of halogens is 1. The Balaban J connectivity index is 2.28. The van der Waals surface area contributed by atoms with Crippen molar-refractivity contribution in [2.24, 2.45) is 0 Å². The Bertz CT molecular complexity index is 656. The van der Waals surface area contributed by atoms with Crippen LogP contribution in [-0.4, -0.2) is 18.2 Å². The topological polar surface area (TPSA) is 58.6 Å². The van der Waals surface area contributed by atoms with Crippen molar-refractivity contribution in [2.75, 3.05) is 12.4 Å². The van der Waals surface area contributed by atoms with Crippen molar-refractivity contribution in [1.29, 1.82) is 0 Å². The molecule has 0 aliphatic heterocycles. The van der Waals surface area contributed by atoms with Gasteiger partial charge in [0.25, 0.3) is 0 Å². The molecule has 0 fully saturated rings. The molecular weight excluding hydrogens is 322 g/mol. The summed E-state index contributed by atoms with van der Waals surface area (Å²) < 4.78 is 6.10. The average Bonchev–Trinajstić information content (AvgIpc) is 2.37. The molecule has 0 aliphatic carbocycles. The van der Waals surface area contributed by atoms with Crippen LogP contribution in [0.4, 0.5) is 11.4 Å². The van der Waals surface area contributed by atoms with Crippen LogP contribution in [0.5, 0.6) is 5.75 Å². The number of anilines is 2. The van der Waals surface area contributed by atoms with E-state index in [0.29, 0.717) is 11.1 Å². The van der Waals surface area contributed by atoms with Crippen LogP contribution < -0.4 is 10.1 Å². The maximum atomic E-state index is 11.0. The van der Waals surface area contributed by atoms with Crippen LogP contribution in [0.25, 0.3) is 0 Å². The third kappa shape index (κ3) is 3.30. The SMILES string of the molecule is COc1cc(Br)cc(Nc2ccc(C(=O)O)c(C)c2)c1. The van der Waals surface area contributed by atoms with Gasteiger partial charge in [0.1, 0.15) is 5.75 Å². The minimum Gasteiger partial charge on any atom is -0.497 e. The summed E-state index contributed by atoms with van der Waals surface area (Å²) >= 11 is 3.41. The minimum atomic E-state index is -0.918. The highest BCUT2D eigenvalue weighted by Gasteiger charge is 2.07. The second-order valence-corrected chi connectivity index (χ2v) is 5.26. The van der Waals surface area contributed by atoms with Gasteiger partial charge in [-0.1, -0.05) is 15.9 Å². The van der Waals surface area contributed by atoms with Crippen LogP contribution in [-0.2, 0) is 0 Å². The molecule has 2 rings (SSSR count). The lowest BCUT2D eigenvalue weighted by Crippen LogP contribution is -2.00. The predicted molar refractivity (Wildman–Crippen MR) is 82.1 cm³/mol. The van der Waals surface area contributed by atoms with Gasteiger partial charge in [0.05, 0.1) is 12.7 Å². The summed E-state index contributed by atoms with van der Waals surface area (Å²) in [5, 5.41) is 12.2. The minimum absolute atomic E-state index is 0.308. The second-order valence-electron chi connectivity index (χ2n) is 4.34. The average molecular weight is 336 g/mol. The highest BCUT2D eigenvalue weighted by atomic mass is 79.9. The lowest BCUT2D eigenvalue weighted by Gasteiger charge is -2.10. The summed E-state index contributed by atoms with van der Waals surface area (Å²) in [4.78, 5) is 11.0. The van der Waals surface area contributed by atoms with Gasteiger partial charge in [-0.25, -0.2) is 4.79 Å². The molecule has 2 aromatic rings. The zero-order chi connectivity index (χ0) is 14.7. The lowest BCUT2D eigenvalue weighted by atomic mass is 10.1. The molecule has 0 spiro atoms. The molecule has 0 heterocycles. The number of aromatic carboxylic acids is 1. The number of hydrogen-bond donors (Lipinski definition) is 2. The first-order valence-corrected chi connectivity index (χ1v) is 6.74. The molecular formula is C15H14BrNO3. The summed E-state index contributed by atoms with van der Waals surface area (Å²) in [5.74, 6) is -0.182. The zero-order valence-corrected chi connectivity index (χ0v) is 12.7. The summed E-state index contributed by atoms with van der Waals surface area (Å²) in [6.45, 7) is 1.77. The molecule has 0 radical (unpaired) electrons. The third-order valence-corrected chi connectivity index (χ3v) is 3.31. The van der Waals surface area contributed by atoms with Gasteiger partial charge < -0.3 is 15.2 Å². The Labute approximate surface area is 125 Å². The van der Waals surface area contributed by atoms with Gasteiger partial charge >= 0.3 is 5.97 Å². The van der Waals surface area contributed by atoms with Crippen molar-refractivity contribution in [3.05, 3.63) is 52.0 Å². The van der Waals surface area contributed by atoms with Gasteiger partial charge in [0.15, 0.2) is 0 Å². The van der Waals surface area contributed by atoms with E-state index in [1.165, 1.54) is 0 Å². The monoisotopic (exact) mass is 335 g/mol. The number of ether oxygens (including phenoxy) is 1. The van der Waals surface area contributed by atoms with Crippen LogP contribution in [0.2, 0.25) is 0 Å². The van der Waals surface area contributed by atoms with E-state index >= 15 is 0 Å². The van der Waals surface area contributed by atoms with Crippen molar-refractivity contribution >= 4 is 33.3 Å². The second kappa shape index (κ2) is 5.96. The van der Waals surface area contributed by atoms with E-state index in [1.807, 2.05) is 18.2 Å². The molecule has 0 bridgehead atoms. The molecule has 2 aromatic carbocycles. The fraction of sp³-hybridized carbons (Fsp3) is 0.133. The highest BCUT2D eigenvalue weighted by Crippen LogP contribution is 2.27. The first-order chi connectivity index (χ1) is 9.49. The molecule has 2 N–H and O–H groups in total. The number of carboxylic acid groups (broad SMARTS) is 1. The molecule has 5 heteroatoms. The largest absolute Gasteiger partial charge is 0.497 e. The van der Waals surface area contributed by atoms with Gasteiger partial charge in [-0.15, -0.1) is 0 Å². The van der Waals surface area contributed by atoms with E-state index in [-0.39, 0.29) is 0 Å². The molecule has 0 aromatic heterocycles. The Morgan fingerprint density at radius 3 is 2.55 bits per heavy atom. The fourth-order valence-corrected chi connectivity index (χ4v) is 2.37. The summed E-state index contributed by atoms with van der Waals surface area (Å²) in [7, 11) is 1.61. The van der Waals surface area contributed by atoms with Crippen molar-refractivity contribution < 1.29 is 14.6 Å². The number of carbonyl (C=O) groups is 1. The van der Waals surface area contributed by atoms with Gasteiger partial charge in [-0.05, 0) is 42.8 Å². The van der Waals surface area contributed by atoms with Crippen LogP contribution in [0, 0.1) is 6.92 Å². The normalized spacial score (nSPS) is 10.2. The summed E-state index contributed by atoms with van der Waals surface area (Å²) in [6.07, 6.45) is 0. The molecule has 0 saturated carbocycles. The molecule has 20 heavy (non-hydrogen) atoms. The maximum absolute atomic E-state index is 11.0. The van der Waals surface area contributed by atoms with Gasteiger partial charge in [0.2, 0.25) is 0 Å². The number of hydrogen-bond acceptors (Lipinski definition) is 3. The maximum Gasteiger partial charge on any atom is 0.335 e. The van der Waals surface area contributed by atoms with E-state index in [2.05, 4.69) is 21.2 Å². The van der Waals surface area contributed by atoms with Crippen molar-refractivity contribution in [2.45, 2.75) is 6.92 Å². The predicted octanol–water partition coefficient (Wildman–Crippen LogP) is 4.21. The van der Waals surface area contributed by atoms with E-state index in [1.54, 1.807) is 32.2 Å². The first-order valence-electron chi connectivity index (χ1n) is 5.95. The number of rotatable bonds is 4. The van der Waals surface area contributed by atoms with E-state index in [4.69, 9.17) is 9.84 Å². The number of benzene rings is 2. The Morgan fingerprint density at radius 2 is 1.95 bits per heavy atom. The molecule has 0 saturated heterocycles. The van der Waals surface area contributed by atoms with Crippen LogP contribution in [0.1, 0.15) is 15.9 Å². The van der Waals surface area contributed by atoms with Crippen LogP contribution in [0.15, 0.2) is 40.9 Å². The van der Waals surface area contributed by atoms with E-state index in [0.717, 1.165) is 21.6 Å². The standard InChI is InChI=1S/C15H14BrNO3/c1-9-5-11(3-4-14(9)15(18)19)17-12-6-10(16)7-13(8-12)20-2/h3-8,17H,1-2H3,(H,18,19). The highest BCUT2D eigenvalue weighted by molar-refractivity contribution is 9.10. The van der Waals surface area contributed by atoms with E-state index < -0.39 is 5.97 Å². The fourth-order valence-electron chi connectivity index (χ4n) is 1.90. The Kier molecular flexibility index (Phi) is 4.29. The van der Waals surface area contributed by atoms with Gasteiger partial charge in [-0.3, -0.25) is 0 Å². The molecule has 0 aliphatic rings. The quantitative estimate of drug-likeness (QED) is 0.878. The molecule has 0 atom stereocenters. The molecule has 0 unspecified atom stereocenters. The number of carboxylic acids is 1. The van der Waals surface area contributed by atoms with Crippen molar-refractivity contribution in [3.8, 4) is 5.75 Å². The molecule has 104 valence electrons. The van der Waals surface area contributed by atoms with Gasteiger partial charge in [0, 0.05) is 21.9 Å². The Hall–Kier alpha value is -2.01. The number of nitrogens with one attached hydrogen (secondary N) is 1. The van der Waals surface area contributed by atoms with Gasteiger partial charge in [-0.2, -0.15) is 0 Å². The number of aryl methyl sites for hydroxylation is 1. The Morgan fingerprint density at radius 1 is 1.20 bits per heavy atom. The van der Waals surface area contributed by atoms with E-state index in [9.17, 15) is 4.79 Å². The third-order valence-electron chi connectivity index (χ3n) is 2.85. The molecule has 0 amide bonds. The summed E-state index contributed by atoms with van der Waals surface area (Å²) in [5.41, 5.74) is 2.71. The molecule has 4 nitrogen and oxygen atoms in total. The lowest BCUT2D eigenvalue weighted by molar-refractivity contribution is 0.0696.